The summed E-state index contributed by atoms with van der Waals surface area (Å²) in [6.45, 7) is 4.24. The van der Waals surface area contributed by atoms with Gasteiger partial charge in [-0.1, -0.05) is 13.3 Å². The van der Waals surface area contributed by atoms with E-state index in [1.165, 1.54) is 18.5 Å². The number of thiazole rings is 1. The van der Waals surface area contributed by atoms with Crippen LogP contribution in [0.2, 0.25) is 0 Å². The molecule has 1 aromatic rings. The third kappa shape index (κ3) is 4.20. The van der Waals surface area contributed by atoms with Crippen LogP contribution in [-0.2, 0) is 6.42 Å². The Kier molecular flexibility index (Phi) is 5.12. The Hall–Kier alpha value is -0.410. The summed E-state index contributed by atoms with van der Waals surface area (Å²) in [5.41, 5.74) is 7.17. The first-order valence-electron chi connectivity index (χ1n) is 5.39. The molecule has 14 heavy (non-hydrogen) atoms. The number of aryl methyl sites for hydroxylation is 2. The molecule has 1 unspecified atom stereocenters. The highest BCUT2D eigenvalue weighted by molar-refractivity contribution is 7.09. The van der Waals surface area contributed by atoms with Crippen molar-refractivity contribution in [3.8, 4) is 0 Å². The lowest BCUT2D eigenvalue weighted by Crippen LogP contribution is -2.19. The summed E-state index contributed by atoms with van der Waals surface area (Å²) < 4.78 is 0. The predicted molar refractivity (Wildman–Crippen MR) is 62.7 cm³/mol. The van der Waals surface area contributed by atoms with Gasteiger partial charge in [-0.15, -0.1) is 11.3 Å². The lowest BCUT2D eigenvalue weighted by molar-refractivity contribution is 0.538. The lowest BCUT2D eigenvalue weighted by atomic mass is 10.1. The van der Waals surface area contributed by atoms with Gasteiger partial charge in [0.25, 0.3) is 0 Å². The molecule has 2 N–H and O–H groups in total. The number of hydrogen-bond acceptors (Lipinski definition) is 3. The highest BCUT2D eigenvalue weighted by Crippen LogP contribution is 2.11. The van der Waals surface area contributed by atoms with Crippen LogP contribution in [0.5, 0.6) is 0 Å². The number of rotatable bonds is 6. The molecule has 0 saturated heterocycles. The third-order valence-corrected chi connectivity index (χ3v) is 3.16. The Bertz CT molecular complexity index is 258. The van der Waals surface area contributed by atoms with Crippen LogP contribution in [0, 0.1) is 6.92 Å². The van der Waals surface area contributed by atoms with Crippen LogP contribution in [-0.4, -0.2) is 11.0 Å². The second-order valence-corrected chi connectivity index (χ2v) is 4.86. The van der Waals surface area contributed by atoms with E-state index in [-0.39, 0.29) is 0 Å². The zero-order valence-corrected chi connectivity index (χ0v) is 9.94. The van der Waals surface area contributed by atoms with Gasteiger partial charge in [-0.3, -0.25) is 0 Å². The fourth-order valence-electron chi connectivity index (χ4n) is 1.58. The standard InChI is InChI=1S/C11H20N2S/c1-3-5-10(12)6-4-7-11-8-14-9(2)13-11/h8,10H,3-7,12H2,1-2H3. The highest BCUT2D eigenvalue weighted by atomic mass is 32.1. The summed E-state index contributed by atoms with van der Waals surface area (Å²) in [7, 11) is 0. The second-order valence-electron chi connectivity index (χ2n) is 3.80. The average Bonchev–Trinajstić information content (AvgIpc) is 2.52. The summed E-state index contributed by atoms with van der Waals surface area (Å²) in [6.07, 6.45) is 5.73. The van der Waals surface area contributed by atoms with E-state index in [0.29, 0.717) is 6.04 Å². The smallest absolute Gasteiger partial charge is 0.0897 e. The minimum atomic E-state index is 0.389. The van der Waals surface area contributed by atoms with Gasteiger partial charge in [0, 0.05) is 11.4 Å². The molecule has 0 aliphatic rings. The van der Waals surface area contributed by atoms with Crippen LogP contribution in [0.15, 0.2) is 5.38 Å². The van der Waals surface area contributed by atoms with Gasteiger partial charge in [0.15, 0.2) is 0 Å². The van der Waals surface area contributed by atoms with Crippen LogP contribution in [0.1, 0.15) is 43.3 Å². The van der Waals surface area contributed by atoms with E-state index in [0.717, 1.165) is 24.3 Å². The van der Waals surface area contributed by atoms with Crippen molar-refractivity contribution in [2.45, 2.75) is 52.0 Å². The normalized spacial score (nSPS) is 13.1. The Labute approximate surface area is 90.6 Å². The van der Waals surface area contributed by atoms with Crippen molar-refractivity contribution in [2.75, 3.05) is 0 Å². The van der Waals surface area contributed by atoms with Crippen molar-refractivity contribution in [1.29, 1.82) is 0 Å². The van der Waals surface area contributed by atoms with Crippen LogP contribution in [0.25, 0.3) is 0 Å². The number of nitrogens with zero attached hydrogens (tertiary/aromatic N) is 1. The summed E-state index contributed by atoms with van der Waals surface area (Å²) >= 11 is 1.73. The summed E-state index contributed by atoms with van der Waals surface area (Å²) in [5.74, 6) is 0. The zero-order chi connectivity index (χ0) is 10.4. The molecule has 80 valence electrons. The topological polar surface area (TPSA) is 38.9 Å². The molecule has 1 atom stereocenters. The first-order valence-corrected chi connectivity index (χ1v) is 6.27. The van der Waals surface area contributed by atoms with Gasteiger partial charge in [-0.2, -0.15) is 0 Å². The predicted octanol–water partition coefficient (Wildman–Crippen LogP) is 2.90. The Morgan fingerprint density at radius 1 is 1.50 bits per heavy atom. The molecule has 3 heteroatoms. The monoisotopic (exact) mass is 212 g/mol. The van der Waals surface area contributed by atoms with Gasteiger partial charge in [-0.25, -0.2) is 4.98 Å². The van der Waals surface area contributed by atoms with Gasteiger partial charge in [0.2, 0.25) is 0 Å². The summed E-state index contributed by atoms with van der Waals surface area (Å²) in [4.78, 5) is 4.43. The number of aromatic nitrogens is 1. The molecule has 0 radical (unpaired) electrons. The lowest BCUT2D eigenvalue weighted by Gasteiger charge is -2.08. The fraction of sp³-hybridized carbons (Fsp3) is 0.727. The maximum Gasteiger partial charge on any atom is 0.0897 e. The molecular weight excluding hydrogens is 192 g/mol. The van der Waals surface area contributed by atoms with Crippen molar-refractivity contribution in [1.82, 2.24) is 4.98 Å². The zero-order valence-electron chi connectivity index (χ0n) is 9.12. The van der Waals surface area contributed by atoms with Crippen molar-refractivity contribution >= 4 is 11.3 Å². The average molecular weight is 212 g/mol. The molecule has 0 bridgehead atoms. The van der Waals surface area contributed by atoms with Crippen molar-refractivity contribution in [3.63, 3.8) is 0 Å². The first-order chi connectivity index (χ1) is 6.72. The minimum Gasteiger partial charge on any atom is -0.328 e. The Morgan fingerprint density at radius 3 is 2.86 bits per heavy atom. The van der Waals surface area contributed by atoms with E-state index in [2.05, 4.69) is 24.2 Å². The second kappa shape index (κ2) is 6.14. The van der Waals surface area contributed by atoms with Crippen molar-refractivity contribution < 1.29 is 0 Å². The quantitative estimate of drug-likeness (QED) is 0.787. The largest absolute Gasteiger partial charge is 0.328 e. The molecule has 1 heterocycles. The summed E-state index contributed by atoms with van der Waals surface area (Å²) in [5, 5.41) is 3.32. The SMILES string of the molecule is CCCC(N)CCCc1csc(C)n1. The van der Waals surface area contributed by atoms with Crippen LogP contribution in [0.4, 0.5) is 0 Å². The molecule has 0 aliphatic carbocycles. The Morgan fingerprint density at radius 2 is 2.29 bits per heavy atom. The van der Waals surface area contributed by atoms with E-state index in [1.807, 2.05) is 0 Å². The van der Waals surface area contributed by atoms with Gasteiger partial charge in [-0.05, 0) is 32.6 Å². The van der Waals surface area contributed by atoms with Crippen molar-refractivity contribution in [3.05, 3.63) is 16.1 Å². The Balaban J connectivity index is 2.15. The van der Waals surface area contributed by atoms with E-state index in [1.54, 1.807) is 11.3 Å². The molecule has 0 aromatic carbocycles. The van der Waals surface area contributed by atoms with E-state index in [4.69, 9.17) is 5.73 Å². The molecule has 0 spiro atoms. The van der Waals surface area contributed by atoms with E-state index < -0.39 is 0 Å². The molecule has 1 rings (SSSR count). The molecule has 0 aliphatic heterocycles. The summed E-state index contributed by atoms with van der Waals surface area (Å²) in [6, 6.07) is 0.389. The molecule has 0 amide bonds. The van der Waals surface area contributed by atoms with Crippen LogP contribution in [0.3, 0.4) is 0 Å². The minimum absolute atomic E-state index is 0.389. The maximum absolute atomic E-state index is 5.94. The maximum atomic E-state index is 5.94. The third-order valence-electron chi connectivity index (χ3n) is 2.33. The number of hydrogen-bond donors (Lipinski definition) is 1. The molecule has 0 fully saturated rings. The van der Waals surface area contributed by atoms with Gasteiger partial charge >= 0.3 is 0 Å². The fourth-order valence-corrected chi connectivity index (χ4v) is 2.23. The molecule has 0 saturated carbocycles. The van der Waals surface area contributed by atoms with Crippen molar-refractivity contribution in [2.24, 2.45) is 5.73 Å². The highest BCUT2D eigenvalue weighted by Gasteiger charge is 2.02. The molecular formula is C11H20N2S. The van der Waals surface area contributed by atoms with Gasteiger partial charge in [0.05, 0.1) is 10.7 Å². The molecule has 1 aromatic heterocycles. The van der Waals surface area contributed by atoms with Crippen LogP contribution >= 0.6 is 11.3 Å². The van der Waals surface area contributed by atoms with Crippen LogP contribution < -0.4 is 5.73 Å². The number of nitrogens with two attached hydrogens (primary N) is 1. The van der Waals surface area contributed by atoms with Gasteiger partial charge < -0.3 is 5.73 Å². The molecule has 2 nitrogen and oxygen atoms in total. The van der Waals surface area contributed by atoms with E-state index in [9.17, 15) is 0 Å². The van der Waals surface area contributed by atoms with Gasteiger partial charge in [0.1, 0.15) is 0 Å². The first kappa shape index (κ1) is 11.7. The van der Waals surface area contributed by atoms with E-state index >= 15 is 0 Å².